The molecule has 1 unspecified atom stereocenters. The van der Waals surface area contributed by atoms with Crippen LogP contribution in [0.25, 0.3) is 0 Å². The monoisotopic (exact) mass is 220 g/mol. The van der Waals surface area contributed by atoms with Gasteiger partial charge in [0.2, 0.25) is 5.95 Å². The van der Waals surface area contributed by atoms with Gasteiger partial charge in [0.15, 0.2) is 0 Å². The molecule has 0 saturated heterocycles. The van der Waals surface area contributed by atoms with Crippen LogP contribution in [0.15, 0.2) is 0 Å². The Morgan fingerprint density at radius 3 is 2.94 bits per heavy atom. The second-order valence-electron chi connectivity index (χ2n) is 4.39. The molecule has 1 aliphatic rings. The van der Waals surface area contributed by atoms with Gasteiger partial charge >= 0.3 is 0 Å². The Morgan fingerprint density at radius 2 is 2.25 bits per heavy atom. The van der Waals surface area contributed by atoms with Gasteiger partial charge in [-0.2, -0.15) is 0 Å². The first-order valence-corrected chi connectivity index (χ1v) is 6.06. The smallest absolute Gasteiger partial charge is 0.220 e. The average molecular weight is 220 g/mol. The molecule has 3 N–H and O–H groups in total. The molecular formula is C12H20N4. The second kappa shape index (κ2) is 4.78. The van der Waals surface area contributed by atoms with Gasteiger partial charge in [-0.1, -0.05) is 6.92 Å². The predicted molar refractivity (Wildman–Crippen MR) is 65.4 cm³/mol. The van der Waals surface area contributed by atoms with Gasteiger partial charge in [-0.3, -0.25) is 0 Å². The standard InChI is InChI=1S/C12H20N4/c1-3-9-11-8(7-14-2)5-4-6-10(11)16-12(13)15-9/h8,14H,3-7H2,1-2H3,(H2,13,15,16). The Kier molecular flexibility index (Phi) is 3.39. The van der Waals surface area contributed by atoms with Crippen LogP contribution < -0.4 is 11.1 Å². The zero-order valence-corrected chi connectivity index (χ0v) is 10.1. The van der Waals surface area contributed by atoms with Crippen LogP contribution in [0.5, 0.6) is 0 Å². The average Bonchev–Trinajstić information content (AvgIpc) is 2.28. The summed E-state index contributed by atoms with van der Waals surface area (Å²) in [5.74, 6) is 0.991. The first-order chi connectivity index (χ1) is 7.76. The molecular weight excluding hydrogens is 200 g/mol. The highest BCUT2D eigenvalue weighted by Gasteiger charge is 2.24. The Hall–Kier alpha value is -1.16. The van der Waals surface area contributed by atoms with E-state index in [0.717, 1.165) is 25.1 Å². The summed E-state index contributed by atoms with van der Waals surface area (Å²) < 4.78 is 0. The van der Waals surface area contributed by atoms with Crippen molar-refractivity contribution in [3.63, 3.8) is 0 Å². The molecule has 0 fully saturated rings. The minimum Gasteiger partial charge on any atom is -0.368 e. The van der Waals surface area contributed by atoms with Crippen LogP contribution in [0.3, 0.4) is 0 Å². The third-order valence-corrected chi connectivity index (χ3v) is 3.28. The number of nitrogen functional groups attached to an aromatic ring is 1. The van der Waals surface area contributed by atoms with Crippen LogP contribution in [0.4, 0.5) is 5.95 Å². The number of nitrogens with one attached hydrogen (secondary N) is 1. The highest BCUT2D eigenvalue weighted by Crippen LogP contribution is 2.32. The number of hydrogen-bond donors (Lipinski definition) is 2. The van der Waals surface area contributed by atoms with Crippen molar-refractivity contribution in [2.24, 2.45) is 0 Å². The summed E-state index contributed by atoms with van der Waals surface area (Å²) in [7, 11) is 2.00. The van der Waals surface area contributed by atoms with Crippen LogP contribution in [-0.4, -0.2) is 23.6 Å². The van der Waals surface area contributed by atoms with Crippen LogP contribution in [0.2, 0.25) is 0 Å². The van der Waals surface area contributed by atoms with Crippen molar-refractivity contribution in [3.8, 4) is 0 Å². The van der Waals surface area contributed by atoms with Crippen LogP contribution in [0.1, 0.15) is 42.6 Å². The van der Waals surface area contributed by atoms with E-state index < -0.39 is 0 Å². The van der Waals surface area contributed by atoms with E-state index >= 15 is 0 Å². The maximum Gasteiger partial charge on any atom is 0.220 e. The summed E-state index contributed by atoms with van der Waals surface area (Å²) in [4.78, 5) is 8.77. The summed E-state index contributed by atoms with van der Waals surface area (Å²) in [5, 5.41) is 3.26. The van der Waals surface area contributed by atoms with Gasteiger partial charge in [-0.25, -0.2) is 9.97 Å². The van der Waals surface area contributed by atoms with Crippen molar-refractivity contribution in [2.45, 2.75) is 38.5 Å². The minimum atomic E-state index is 0.431. The lowest BCUT2D eigenvalue weighted by Crippen LogP contribution is -2.24. The van der Waals surface area contributed by atoms with Crippen LogP contribution in [0, 0.1) is 0 Å². The lowest BCUT2D eigenvalue weighted by Gasteiger charge is -2.26. The SMILES string of the molecule is CCc1nc(N)nc2c1C(CNC)CCC2. The fourth-order valence-corrected chi connectivity index (χ4v) is 2.63. The van der Waals surface area contributed by atoms with Gasteiger partial charge < -0.3 is 11.1 Å². The van der Waals surface area contributed by atoms with E-state index in [1.54, 1.807) is 0 Å². The largest absolute Gasteiger partial charge is 0.368 e. The Bertz CT molecular complexity index is 358. The number of anilines is 1. The summed E-state index contributed by atoms with van der Waals surface area (Å²) in [6.45, 7) is 3.14. The Balaban J connectivity index is 2.44. The molecule has 4 nitrogen and oxygen atoms in total. The number of nitrogens with two attached hydrogens (primary N) is 1. The second-order valence-corrected chi connectivity index (χ2v) is 4.39. The molecule has 2 rings (SSSR count). The van der Waals surface area contributed by atoms with Gasteiger partial charge in [0.05, 0.1) is 0 Å². The molecule has 0 bridgehead atoms. The third kappa shape index (κ3) is 2.02. The van der Waals surface area contributed by atoms with Gasteiger partial charge in [0, 0.05) is 17.9 Å². The van der Waals surface area contributed by atoms with Crippen molar-refractivity contribution < 1.29 is 0 Å². The number of rotatable bonds is 3. The number of hydrogen-bond acceptors (Lipinski definition) is 4. The first kappa shape index (κ1) is 11.3. The third-order valence-electron chi connectivity index (χ3n) is 3.28. The molecule has 16 heavy (non-hydrogen) atoms. The summed E-state index contributed by atoms with van der Waals surface area (Å²) in [6, 6.07) is 0. The maximum atomic E-state index is 5.74. The molecule has 1 aromatic heterocycles. The van der Waals surface area contributed by atoms with E-state index in [-0.39, 0.29) is 0 Å². The fourth-order valence-electron chi connectivity index (χ4n) is 2.63. The molecule has 1 heterocycles. The topological polar surface area (TPSA) is 63.8 Å². The molecule has 1 aromatic rings. The Labute approximate surface area is 96.7 Å². The fraction of sp³-hybridized carbons (Fsp3) is 0.667. The minimum absolute atomic E-state index is 0.431. The van der Waals surface area contributed by atoms with Crippen molar-refractivity contribution in [1.82, 2.24) is 15.3 Å². The summed E-state index contributed by atoms with van der Waals surface area (Å²) >= 11 is 0. The molecule has 0 aromatic carbocycles. The number of aryl methyl sites for hydroxylation is 2. The zero-order chi connectivity index (χ0) is 11.5. The summed E-state index contributed by atoms with van der Waals surface area (Å²) in [5.41, 5.74) is 9.42. The van der Waals surface area contributed by atoms with Crippen molar-refractivity contribution in [2.75, 3.05) is 19.3 Å². The highest BCUT2D eigenvalue weighted by atomic mass is 15.0. The molecule has 0 radical (unpaired) electrons. The molecule has 1 aliphatic carbocycles. The van der Waals surface area contributed by atoms with Gasteiger partial charge in [0.25, 0.3) is 0 Å². The molecule has 0 saturated carbocycles. The number of likely N-dealkylation sites (N-methyl/N-ethyl adjacent to an activating group) is 1. The lowest BCUT2D eigenvalue weighted by molar-refractivity contribution is 0.514. The molecule has 0 spiro atoms. The number of fused-ring (bicyclic) bond motifs is 1. The normalized spacial score (nSPS) is 19.5. The first-order valence-electron chi connectivity index (χ1n) is 6.06. The lowest BCUT2D eigenvalue weighted by atomic mass is 9.84. The van der Waals surface area contributed by atoms with E-state index in [9.17, 15) is 0 Å². The number of nitrogens with zero attached hydrogens (tertiary/aromatic N) is 2. The quantitative estimate of drug-likeness (QED) is 0.805. The number of aromatic nitrogens is 2. The molecule has 0 aliphatic heterocycles. The van der Waals surface area contributed by atoms with Gasteiger partial charge in [-0.15, -0.1) is 0 Å². The molecule has 0 amide bonds. The van der Waals surface area contributed by atoms with Crippen LogP contribution in [-0.2, 0) is 12.8 Å². The molecule has 4 heteroatoms. The van der Waals surface area contributed by atoms with Crippen LogP contribution >= 0.6 is 0 Å². The molecule has 88 valence electrons. The highest BCUT2D eigenvalue weighted by molar-refractivity contribution is 5.36. The molecule has 1 atom stereocenters. The Morgan fingerprint density at radius 1 is 1.44 bits per heavy atom. The van der Waals surface area contributed by atoms with E-state index in [0.29, 0.717) is 11.9 Å². The van der Waals surface area contributed by atoms with Crippen molar-refractivity contribution in [3.05, 3.63) is 17.0 Å². The zero-order valence-electron chi connectivity index (χ0n) is 10.1. The van der Waals surface area contributed by atoms with Gasteiger partial charge in [-0.05, 0) is 44.2 Å². The van der Waals surface area contributed by atoms with E-state index in [1.165, 1.54) is 24.1 Å². The van der Waals surface area contributed by atoms with Gasteiger partial charge in [0.1, 0.15) is 0 Å². The maximum absolute atomic E-state index is 5.74. The van der Waals surface area contributed by atoms with E-state index in [1.807, 2.05) is 7.05 Å². The van der Waals surface area contributed by atoms with E-state index in [2.05, 4.69) is 22.2 Å². The van der Waals surface area contributed by atoms with Crippen molar-refractivity contribution >= 4 is 5.95 Å². The van der Waals surface area contributed by atoms with E-state index in [4.69, 9.17) is 5.73 Å². The summed E-state index contributed by atoms with van der Waals surface area (Å²) in [6.07, 6.45) is 4.43. The predicted octanol–water partition coefficient (Wildman–Crippen LogP) is 1.26. The van der Waals surface area contributed by atoms with Crippen molar-refractivity contribution in [1.29, 1.82) is 0 Å².